The number of aromatic nitrogens is 2. The van der Waals surface area contributed by atoms with Gasteiger partial charge in [0.25, 0.3) is 0 Å². The molecule has 1 aliphatic carbocycles. The van der Waals surface area contributed by atoms with Crippen molar-refractivity contribution in [2.24, 2.45) is 0 Å². The summed E-state index contributed by atoms with van der Waals surface area (Å²) < 4.78 is 0. The van der Waals surface area contributed by atoms with Gasteiger partial charge < -0.3 is 10.4 Å². The van der Waals surface area contributed by atoms with Crippen LogP contribution >= 0.6 is 11.6 Å². The zero-order valence-corrected chi connectivity index (χ0v) is 11.3. The van der Waals surface area contributed by atoms with Crippen molar-refractivity contribution in [3.05, 3.63) is 21.1 Å². The number of hydrogen-bond acceptors (Lipinski definition) is 6. The zero-order valence-electron chi connectivity index (χ0n) is 10.5. The second kappa shape index (κ2) is 5.26. The van der Waals surface area contributed by atoms with E-state index < -0.39 is 10.5 Å². The van der Waals surface area contributed by atoms with E-state index in [1.165, 1.54) is 6.92 Å². The number of aliphatic hydroxyl groups is 1. The minimum absolute atomic E-state index is 0.0518. The van der Waals surface area contributed by atoms with Crippen molar-refractivity contribution in [2.75, 3.05) is 11.9 Å². The second-order valence-corrected chi connectivity index (χ2v) is 5.16. The number of hydrogen-bond donors (Lipinski definition) is 2. The molecule has 1 heterocycles. The monoisotopic (exact) mass is 286 g/mol. The quantitative estimate of drug-likeness (QED) is 0.499. The zero-order chi connectivity index (χ0) is 14.0. The van der Waals surface area contributed by atoms with E-state index in [1.54, 1.807) is 0 Å². The first-order chi connectivity index (χ1) is 8.91. The third-order valence-electron chi connectivity index (χ3n) is 3.33. The first-order valence-corrected chi connectivity index (χ1v) is 6.44. The SMILES string of the molecule is Cc1nc(Cl)nc(NCC2(O)CCCC2)c1[N+](=O)[O-]. The van der Waals surface area contributed by atoms with E-state index in [0.717, 1.165) is 12.8 Å². The maximum Gasteiger partial charge on any atom is 0.332 e. The van der Waals surface area contributed by atoms with Crippen molar-refractivity contribution in [1.29, 1.82) is 0 Å². The maximum absolute atomic E-state index is 11.0. The molecular weight excluding hydrogens is 272 g/mol. The lowest BCUT2D eigenvalue weighted by Gasteiger charge is -2.22. The molecule has 0 aromatic carbocycles. The van der Waals surface area contributed by atoms with Gasteiger partial charge in [-0.15, -0.1) is 0 Å². The largest absolute Gasteiger partial charge is 0.388 e. The molecule has 0 spiro atoms. The number of anilines is 1. The molecular formula is C11H15ClN4O3. The van der Waals surface area contributed by atoms with Crippen LogP contribution in [0.2, 0.25) is 5.28 Å². The summed E-state index contributed by atoms with van der Waals surface area (Å²) in [6.07, 6.45) is 3.30. The smallest absolute Gasteiger partial charge is 0.332 e. The lowest BCUT2D eigenvalue weighted by atomic mass is 10.0. The van der Waals surface area contributed by atoms with Gasteiger partial charge >= 0.3 is 5.69 Å². The number of aryl methyl sites for hydroxylation is 1. The number of nitrogens with one attached hydrogen (secondary N) is 1. The lowest BCUT2D eigenvalue weighted by molar-refractivity contribution is -0.385. The molecule has 0 unspecified atom stereocenters. The topological polar surface area (TPSA) is 101 Å². The van der Waals surface area contributed by atoms with Crippen molar-refractivity contribution >= 4 is 23.1 Å². The van der Waals surface area contributed by atoms with Gasteiger partial charge in [-0.2, -0.15) is 4.98 Å². The maximum atomic E-state index is 11.0. The number of nitrogens with zero attached hydrogens (tertiary/aromatic N) is 3. The summed E-state index contributed by atoms with van der Waals surface area (Å²) in [5, 5.41) is 24.0. The first kappa shape index (κ1) is 14.0. The van der Waals surface area contributed by atoms with Gasteiger partial charge in [0.1, 0.15) is 5.69 Å². The summed E-state index contributed by atoms with van der Waals surface area (Å²) >= 11 is 5.71. The van der Waals surface area contributed by atoms with Crippen LogP contribution in [0.1, 0.15) is 31.4 Å². The molecule has 19 heavy (non-hydrogen) atoms. The van der Waals surface area contributed by atoms with E-state index in [0.29, 0.717) is 12.8 Å². The minimum atomic E-state index is -0.820. The van der Waals surface area contributed by atoms with Crippen LogP contribution in [0, 0.1) is 17.0 Å². The number of halogens is 1. The second-order valence-electron chi connectivity index (χ2n) is 4.82. The molecule has 0 amide bonds. The Bertz CT molecular complexity index is 503. The van der Waals surface area contributed by atoms with Crippen molar-refractivity contribution in [3.63, 3.8) is 0 Å². The highest BCUT2D eigenvalue weighted by Crippen LogP contribution is 2.31. The van der Waals surface area contributed by atoms with Gasteiger partial charge in [-0.3, -0.25) is 10.1 Å². The molecule has 0 bridgehead atoms. The van der Waals surface area contributed by atoms with E-state index in [-0.39, 0.29) is 29.0 Å². The summed E-state index contributed by atoms with van der Waals surface area (Å²) in [7, 11) is 0. The van der Waals surface area contributed by atoms with E-state index >= 15 is 0 Å². The molecule has 8 heteroatoms. The van der Waals surface area contributed by atoms with Crippen LogP contribution in [-0.2, 0) is 0 Å². The van der Waals surface area contributed by atoms with Gasteiger partial charge in [-0.1, -0.05) is 12.8 Å². The Labute approximate surface area is 115 Å². The van der Waals surface area contributed by atoms with Crippen molar-refractivity contribution < 1.29 is 10.0 Å². The molecule has 2 N–H and O–H groups in total. The summed E-state index contributed by atoms with van der Waals surface area (Å²) in [5.41, 5.74) is -0.823. The fourth-order valence-electron chi connectivity index (χ4n) is 2.33. The Morgan fingerprint density at radius 2 is 2.11 bits per heavy atom. The minimum Gasteiger partial charge on any atom is -0.388 e. The fourth-order valence-corrected chi connectivity index (χ4v) is 2.54. The van der Waals surface area contributed by atoms with Crippen LogP contribution < -0.4 is 5.32 Å². The van der Waals surface area contributed by atoms with E-state index in [9.17, 15) is 15.2 Å². The molecule has 1 aliphatic rings. The molecule has 2 rings (SSSR count). The first-order valence-electron chi connectivity index (χ1n) is 6.06. The van der Waals surface area contributed by atoms with Crippen LogP contribution in [0.3, 0.4) is 0 Å². The summed E-state index contributed by atoms with van der Waals surface area (Å²) in [6.45, 7) is 1.72. The van der Waals surface area contributed by atoms with Crippen LogP contribution in [0.5, 0.6) is 0 Å². The highest BCUT2D eigenvalue weighted by atomic mass is 35.5. The molecule has 7 nitrogen and oxygen atoms in total. The van der Waals surface area contributed by atoms with Crippen LogP contribution in [-0.4, -0.2) is 32.1 Å². The molecule has 104 valence electrons. The van der Waals surface area contributed by atoms with Gasteiger partial charge in [0.15, 0.2) is 0 Å². The normalized spacial score (nSPS) is 17.4. The van der Waals surface area contributed by atoms with E-state index in [1.807, 2.05) is 0 Å². The molecule has 0 atom stereocenters. The molecule has 0 aliphatic heterocycles. The Kier molecular flexibility index (Phi) is 3.86. The molecule has 1 fully saturated rings. The van der Waals surface area contributed by atoms with Gasteiger partial charge in [-0.05, 0) is 31.4 Å². The summed E-state index contributed by atoms with van der Waals surface area (Å²) in [4.78, 5) is 18.1. The average molecular weight is 287 g/mol. The van der Waals surface area contributed by atoms with Gasteiger partial charge in [0.05, 0.1) is 10.5 Å². The highest BCUT2D eigenvalue weighted by Gasteiger charge is 2.32. The van der Waals surface area contributed by atoms with Crippen molar-refractivity contribution in [2.45, 2.75) is 38.2 Å². The Morgan fingerprint density at radius 3 is 2.68 bits per heavy atom. The molecule has 1 saturated carbocycles. The predicted molar refractivity (Wildman–Crippen MR) is 70.3 cm³/mol. The van der Waals surface area contributed by atoms with Crippen molar-refractivity contribution in [3.8, 4) is 0 Å². The summed E-state index contributed by atoms with van der Waals surface area (Å²) in [6, 6.07) is 0. The molecule has 1 aromatic rings. The summed E-state index contributed by atoms with van der Waals surface area (Å²) in [5.74, 6) is 0.0582. The van der Waals surface area contributed by atoms with Gasteiger partial charge in [-0.25, -0.2) is 4.98 Å². The standard InChI is InChI=1S/C11H15ClN4O3/c1-7-8(16(18)19)9(15-10(12)14-7)13-6-11(17)4-2-3-5-11/h17H,2-6H2,1H3,(H,13,14,15). The molecule has 0 radical (unpaired) electrons. The fraction of sp³-hybridized carbons (Fsp3) is 0.636. The van der Waals surface area contributed by atoms with Crippen molar-refractivity contribution in [1.82, 2.24) is 9.97 Å². The Hall–Kier alpha value is -1.47. The van der Waals surface area contributed by atoms with Gasteiger partial charge in [0.2, 0.25) is 11.1 Å². The number of rotatable bonds is 4. The van der Waals surface area contributed by atoms with E-state index in [4.69, 9.17) is 11.6 Å². The van der Waals surface area contributed by atoms with Gasteiger partial charge in [0, 0.05) is 6.54 Å². The number of nitro groups is 1. The molecule has 1 aromatic heterocycles. The van der Waals surface area contributed by atoms with Crippen LogP contribution in [0.25, 0.3) is 0 Å². The third-order valence-corrected chi connectivity index (χ3v) is 3.50. The van der Waals surface area contributed by atoms with Crippen LogP contribution in [0.15, 0.2) is 0 Å². The Balaban J connectivity index is 2.21. The average Bonchev–Trinajstić information content (AvgIpc) is 2.72. The predicted octanol–water partition coefficient (Wildman–Crippen LogP) is 2.06. The highest BCUT2D eigenvalue weighted by molar-refractivity contribution is 6.28. The lowest BCUT2D eigenvalue weighted by Crippen LogP contribution is -2.34. The molecule has 0 saturated heterocycles. The third kappa shape index (κ3) is 3.10. The Morgan fingerprint density at radius 1 is 1.47 bits per heavy atom. The van der Waals surface area contributed by atoms with Crippen LogP contribution in [0.4, 0.5) is 11.5 Å². The van der Waals surface area contributed by atoms with E-state index in [2.05, 4.69) is 15.3 Å².